The lowest BCUT2D eigenvalue weighted by Crippen LogP contribution is -2.14. The Bertz CT molecular complexity index is 647. The number of aromatic nitrogens is 1. The van der Waals surface area contributed by atoms with Gasteiger partial charge in [0.05, 0.1) is 29.2 Å². The zero-order valence-electron chi connectivity index (χ0n) is 10.5. The Hall–Kier alpha value is -1.79. The number of ether oxygens (including phenoxy) is 1. The maximum absolute atomic E-state index is 12.1. The van der Waals surface area contributed by atoms with Crippen molar-refractivity contribution in [1.82, 2.24) is 4.98 Å². The van der Waals surface area contributed by atoms with Crippen LogP contribution >= 0.6 is 27.5 Å². The third-order valence-electron chi connectivity index (χ3n) is 2.48. The molecule has 1 amide bonds. The number of nitrogens with one attached hydrogen (secondary N) is 1. The molecule has 0 saturated carbocycles. The highest BCUT2D eigenvalue weighted by Crippen LogP contribution is 2.36. The number of halogens is 2. The first kappa shape index (κ1) is 14.6. The van der Waals surface area contributed by atoms with Gasteiger partial charge in [-0.25, -0.2) is 4.98 Å². The molecule has 1 aromatic heterocycles. The minimum Gasteiger partial charge on any atom is -0.493 e. The van der Waals surface area contributed by atoms with E-state index in [1.807, 2.05) is 0 Å². The average molecular weight is 357 g/mol. The van der Waals surface area contributed by atoms with Gasteiger partial charge in [-0.15, -0.1) is 0 Å². The van der Waals surface area contributed by atoms with Gasteiger partial charge in [-0.1, -0.05) is 11.6 Å². The van der Waals surface area contributed by atoms with Gasteiger partial charge in [-0.2, -0.15) is 0 Å². The van der Waals surface area contributed by atoms with Crippen LogP contribution in [-0.2, 0) is 0 Å². The van der Waals surface area contributed by atoms with Crippen molar-refractivity contribution in [2.24, 2.45) is 0 Å². The molecule has 7 heteroatoms. The van der Waals surface area contributed by atoms with Crippen molar-refractivity contribution in [2.75, 3.05) is 18.2 Å². The summed E-state index contributed by atoms with van der Waals surface area (Å²) in [6.45, 7) is 0. The van der Waals surface area contributed by atoms with Gasteiger partial charge in [0.15, 0.2) is 5.75 Å². The molecule has 2 rings (SSSR count). The number of methoxy groups -OCH3 is 1. The van der Waals surface area contributed by atoms with E-state index in [4.69, 9.17) is 22.1 Å². The maximum Gasteiger partial charge on any atom is 0.274 e. The molecule has 1 heterocycles. The number of hydrogen-bond donors (Lipinski definition) is 2. The second-order valence-electron chi connectivity index (χ2n) is 3.90. The van der Waals surface area contributed by atoms with Gasteiger partial charge in [-0.3, -0.25) is 4.79 Å². The van der Waals surface area contributed by atoms with Gasteiger partial charge in [0.1, 0.15) is 5.69 Å². The number of anilines is 2. The van der Waals surface area contributed by atoms with Gasteiger partial charge >= 0.3 is 0 Å². The fourth-order valence-electron chi connectivity index (χ4n) is 1.59. The number of benzene rings is 1. The van der Waals surface area contributed by atoms with Crippen molar-refractivity contribution in [3.8, 4) is 5.75 Å². The number of hydrogen-bond acceptors (Lipinski definition) is 4. The standard InChI is InChI=1S/C13H11BrClN3O2/c1-20-12-9(14)4-7(15)5-11(12)18-13(19)10-3-2-8(16)6-17-10/h2-6H,16H2,1H3,(H,18,19). The molecule has 104 valence electrons. The van der Waals surface area contributed by atoms with E-state index in [9.17, 15) is 4.79 Å². The number of amides is 1. The Morgan fingerprint density at radius 1 is 1.45 bits per heavy atom. The molecule has 5 nitrogen and oxygen atoms in total. The average Bonchev–Trinajstić information content (AvgIpc) is 2.39. The molecular formula is C13H11BrClN3O2. The van der Waals surface area contributed by atoms with Crippen molar-refractivity contribution in [2.45, 2.75) is 0 Å². The first-order valence-corrected chi connectivity index (χ1v) is 6.74. The number of carbonyl (C=O) groups excluding carboxylic acids is 1. The number of carbonyl (C=O) groups is 1. The summed E-state index contributed by atoms with van der Waals surface area (Å²) in [5.41, 5.74) is 6.72. The topological polar surface area (TPSA) is 77.2 Å². The minimum absolute atomic E-state index is 0.248. The van der Waals surface area contributed by atoms with Crippen LogP contribution < -0.4 is 15.8 Å². The van der Waals surface area contributed by atoms with Gasteiger partial charge in [0.25, 0.3) is 5.91 Å². The molecular weight excluding hydrogens is 346 g/mol. The quantitative estimate of drug-likeness (QED) is 0.884. The predicted molar refractivity (Wildman–Crippen MR) is 82.3 cm³/mol. The SMILES string of the molecule is COc1c(Br)cc(Cl)cc1NC(=O)c1ccc(N)cn1. The van der Waals surface area contributed by atoms with Crippen LogP contribution in [0.2, 0.25) is 5.02 Å². The summed E-state index contributed by atoms with van der Waals surface area (Å²) >= 11 is 9.28. The Morgan fingerprint density at radius 3 is 2.80 bits per heavy atom. The van der Waals surface area contributed by atoms with E-state index in [-0.39, 0.29) is 11.6 Å². The van der Waals surface area contributed by atoms with E-state index < -0.39 is 0 Å². The highest BCUT2D eigenvalue weighted by atomic mass is 79.9. The highest BCUT2D eigenvalue weighted by molar-refractivity contribution is 9.10. The highest BCUT2D eigenvalue weighted by Gasteiger charge is 2.14. The van der Waals surface area contributed by atoms with Gasteiger partial charge in [0, 0.05) is 5.02 Å². The van der Waals surface area contributed by atoms with Crippen molar-refractivity contribution in [1.29, 1.82) is 0 Å². The van der Waals surface area contributed by atoms with Crippen LogP contribution in [0.25, 0.3) is 0 Å². The minimum atomic E-state index is -0.377. The van der Waals surface area contributed by atoms with E-state index >= 15 is 0 Å². The van der Waals surface area contributed by atoms with Gasteiger partial charge < -0.3 is 15.8 Å². The smallest absolute Gasteiger partial charge is 0.274 e. The monoisotopic (exact) mass is 355 g/mol. The summed E-state index contributed by atoms with van der Waals surface area (Å²) < 4.78 is 5.87. The Kier molecular flexibility index (Phi) is 4.46. The molecule has 0 radical (unpaired) electrons. The normalized spacial score (nSPS) is 10.2. The molecule has 0 bridgehead atoms. The zero-order valence-corrected chi connectivity index (χ0v) is 12.8. The van der Waals surface area contributed by atoms with Crippen molar-refractivity contribution in [3.63, 3.8) is 0 Å². The third-order valence-corrected chi connectivity index (χ3v) is 3.29. The summed E-state index contributed by atoms with van der Waals surface area (Å²) in [6, 6.07) is 6.42. The molecule has 0 fully saturated rings. The molecule has 0 unspecified atom stereocenters. The van der Waals surface area contributed by atoms with Crippen LogP contribution in [0.5, 0.6) is 5.75 Å². The van der Waals surface area contributed by atoms with E-state index in [2.05, 4.69) is 26.2 Å². The van der Waals surface area contributed by atoms with E-state index in [0.29, 0.717) is 26.6 Å². The van der Waals surface area contributed by atoms with Crippen molar-refractivity contribution in [3.05, 3.63) is 45.7 Å². The molecule has 1 aromatic carbocycles. The molecule has 0 aliphatic heterocycles. The van der Waals surface area contributed by atoms with Crippen LogP contribution in [0.4, 0.5) is 11.4 Å². The Morgan fingerprint density at radius 2 is 2.20 bits per heavy atom. The molecule has 3 N–H and O–H groups in total. The van der Waals surface area contributed by atoms with E-state index in [0.717, 1.165) is 0 Å². The molecule has 0 aliphatic carbocycles. The summed E-state index contributed by atoms with van der Waals surface area (Å²) in [5.74, 6) is 0.107. The van der Waals surface area contributed by atoms with Crippen LogP contribution in [0.15, 0.2) is 34.9 Å². The molecule has 2 aromatic rings. The number of nitrogens with zero attached hydrogens (tertiary/aromatic N) is 1. The number of nitrogens with two attached hydrogens (primary N) is 1. The predicted octanol–water partition coefficient (Wildman–Crippen LogP) is 3.34. The molecule has 0 atom stereocenters. The number of pyridine rings is 1. The first-order chi connectivity index (χ1) is 9.51. The molecule has 0 saturated heterocycles. The van der Waals surface area contributed by atoms with Gasteiger partial charge in [0.2, 0.25) is 0 Å². The van der Waals surface area contributed by atoms with E-state index in [1.165, 1.54) is 19.4 Å². The lowest BCUT2D eigenvalue weighted by Gasteiger charge is -2.12. The van der Waals surface area contributed by atoms with Crippen LogP contribution in [0.3, 0.4) is 0 Å². The fourth-order valence-corrected chi connectivity index (χ4v) is 2.56. The summed E-state index contributed by atoms with van der Waals surface area (Å²) in [6.07, 6.45) is 1.42. The maximum atomic E-state index is 12.1. The Balaban J connectivity index is 2.30. The number of rotatable bonds is 3. The summed E-state index contributed by atoms with van der Waals surface area (Å²) in [7, 11) is 1.51. The summed E-state index contributed by atoms with van der Waals surface area (Å²) in [5, 5.41) is 3.17. The van der Waals surface area contributed by atoms with E-state index in [1.54, 1.807) is 18.2 Å². The zero-order chi connectivity index (χ0) is 14.7. The fraction of sp³-hybridized carbons (Fsp3) is 0.0769. The molecule has 0 aliphatic rings. The van der Waals surface area contributed by atoms with Crippen LogP contribution in [-0.4, -0.2) is 18.0 Å². The van der Waals surface area contributed by atoms with Crippen LogP contribution in [0.1, 0.15) is 10.5 Å². The first-order valence-electron chi connectivity index (χ1n) is 5.57. The molecule has 20 heavy (non-hydrogen) atoms. The largest absolute Gasteiger partial charge is 0.493 e. The lowest BCUT2D eigenvalue weighted by molar-refractivity contribution is 0.102. The molecule has 0 spiro atoms. The van der Waals surface area contributed by atoms with Gasteiger partial charge in [-0.05, 0) is 40.2 Å². The van der Waals surface area contributed by atoms with Crippen LogP contribution in [0, 0.1) is 0 Å². The van der Waals surface area contributed by atoms with Crippen molar-refractivity contribution >= 4 is 44.8 Å². The second kappa shape index (κ2) is 6.11. The number of nitrogen functional groups attached to an aromatic ring is 1. The third kappa shape index (κ3) is 3.20. The van der Waals surface area contributed by atoms with Crippen molar-refractivity contribution < 1.29 is 9.53 Å². The second-order valence-corrected chi connectivity index (χ2v) is 5.19. The summed E-state index contributed by atoms with van der Waals surface area (Å²) in [4.78, 5) is 16.0. The lowest BCUT2D eigenvalue weighted by atomic mass is 10.2. The Labute approximate surface area is 129 Å².